The molecule has 1 aliphatic rings. The van der Waals surface area contributed by atoms with Crippen LogP contribution in [0.4, 0.5) is 0 Å². The van der Waals surface area contributed by atoms with Gasteiger partial charge in [0, 0.05) is 0 Å². The molecule has 1 atom stereocenters. The van der Waals surface area contributed by atoms with Gasteiger partial charge >= 0.3 is 0 Å². The number of primary amides is 1. The molecule has 0 aliphatic carbocycles. The summed E-state index contributed by atoms with van der Waals surface area (Å²) in [6.45, 7) is 4.03. The van der Waals surface area contributed by atoms with Crippen LogP contribution in [0.3, 0.4) is 0 Å². The van der Waals surface area contributed by atoms with Gasteiger partial charge < -0.3 is 15.2 Å². The van der Waals surface area contributed by atoms with Crippen LogP contribution in [0.25, 0.3) is 0 Å². The summed E-state index contributed by atoms with van der Waals surface area (Å²) < 4.78 is 10.7. The van der Waals surface area contributed by atoms with Gasteiger partial charge in [-0.1, -0.05) is 9.39 Å². The van der Waals surface area contributed by atoms with Gasteiger partial charge in [-0.2, -0.15) is 0 Å². The fraction of sp³-hybridized carbons (Fsp3) is 0.857. The van der Waals surface area contributed by atoms with E-state index in [1.54, 1.807) is 13.8 Å². The van der Waals surface area contributed by atoms with Crippen molar-refractivity contribution < 1.29 is 14.3 Å². The van der Waals surface area contributed by atoms with Crippen LogP contribution in [0.15, 0.2) is 0 Å². The Bertz CT molecular complexity index is 210. The third-order valence-corrected chi connectivity index (χ3v) is 2.63. The molecule has 1 aliphatic heterocycles. The lowest BCUT2D eigenvalue weighted by molar-refractivity contribution is -0.264. The molecule has 0 bridgehead atoms. The first-order valence-corrected chi connectivity index (χ1v) is 4.55. The van der Waals surface area contributed by atoms with E-state index in [1.807, 2.05) is 0 Å². The van der Waals surface area contributed by atoms with Gasteiger partial charge in [0.25, 0.3) is 0 Å². The summed E-state index contributed by atoms with van der Waals surface area (Å²) >= 11 is 0. The number of carbonyl (C=O) groups is 1. The van der Waals surface area contributed by atoms with E-state index in [2.05, 4.69) is 14.5 Å². The highest BCUT2D eigenvalue weighted by atomic mass is 31.0. The summed E-state index contributed by atoms with van der Waals surface area (Å²) in [4.78, 5) is 11.1. The second-order valence-electron chi connectivity index (χ2n) is 3.57. The summed E-state index contributed by atoms with van der Waals surface area (Å²) in [5, 5.41) is 2.75. The summed E-state index contributed by atoms with van der Waals surface area (Å²) in [5.41, 5.74) is 4.31. The summed E-state index contributed by atoms with van der Waals surface area (Å²) in [6, 6.07) is 0. The zero-order valence-corrected chi connectivity index (χ0v) is 8.95. The number of carbonyl (C=O) groups excluding carboxylic acids is 1. The average molecular weight is 206 g/mol. The number of hydrogen-bond acceptors (Lipinski definition) is 4. The molecule has 0 saturated carbocycles. The third kappa shape index (κ3) is 2.17. The minimum absolute atomic E-state index is 0.221. The molecule has 1 unspecified atom stereocenters. The first kappa shape index (κ1) is 10.9. The molecule has 0 radical (unpaired) electrons. The smallest absolute Gasteiger partial charge is 0.242 e. The minimum atomic E-state index is -0.916. The highest BCUT2D eigenvalue weighted by molar-refractivity contribution is 7.13. The molecule has 1 fully saturated rings. The Balaban J connectivity index is 2.69. The van der Waals surface area contributed by atoms with Gasteiger partial charge in [-0.15, -0.1) is 0 Å². The van der Waals surface area contributed by atoms with E-state index >= 15 is 0 Å². The summed E-state index contributed by atoms with van der Waals surface area (Å²) in [6.07, 6.45) is 0. The Morgan fingerprint density at radius 1 is 1.46 bits per heavy atom. The molecule has 0 aromatic carbocycles. The quantitative estimate of drug-likeness (QED) is 0.590. The van der Waals surface area contributed by atoms with Crippen molar-refractivity contribution in [2.75, 3.05) is 13.2 Å². The normalized spacial score (nSPS) is 25.5. The summed E-state index contributed by atoms with van der Waals surface area (Å²) in [7, 11) is 2.25. The number of nitrogens with one attached hydrogen (secondary N) is 1. The molecule has 0 aromatic rings. The van der Waals surface area contributed by atoms with E-state index in [4.69, 9.17) is 15.2 Å². The summed E-state index contributed by atoms with van der Waals surface area (Å²) in [5.74, 6) is -1.11. The largest absolute Gasteiger partial charge is 0.368 e. The molecule has 0 spiro atoms. The molecule has 0 aromatic heterocycles. The lowest BCUT2D eigenvalue weighted by Gasteiger charge is -2.41. The molecule has 3 N–H and O–H groups in total. The van der Waals surface area contributed by atoms with Crippen LogP contribution in [-0.2, 0) is 14.3 Å². The number of nitrogens with two attached hydrogens (primary N) is 1. The van der Waals surface area contributed by atoms with Crippen LogP contribution in [0.5, 0.6) is 0 Å². The topological polar surface area (TPSA) is 73.6 Å². The van der Waals surface area contributed by atoms with Gasteiger partial charge in [0.2, 0.25) is 5.91 Å². The minimum Gasteiger partial charge on any atom is -0.368 e. The SMILES string of the molecule is CC1(C)OCC(NP)(C(N)=O)CO1. The second kappa shape index (κ2) is 3.50. The van der Waals surface area contributed by atoms with Gasteiger partial charge in [-0.3, -0.25) is 9.88 Å². The Labute approximate surface area is 79.6 Å². The first-order valence-electron chi connectivity index (χ1n) is 3.97. The molecule has 1 saturated heterocycles. The van der Waals surface area contributed by atoms with Gasteiger partial charge in [0.05, 0.1) is 13.2 Å². The van der Waals surface area contributed by atoms with Crippen molar-refractivity contribution in [2.45, 2.75) is 25.2 Å². The van der Waals surface area contributed by atoms with Crippen LogP contribution in [-0.4, -0.2) is 30.4 Å². The molecule has 6 heteroatoms. The van der Waals surface area contributed by atoms with Gasteiger partial charge in [-0.25, -0.2) is 0 Å². The Morgan fingerprint density at radius 2 is 1.92 bits per heavy atom. The maximum Gasteiger partial charge on any atom is 0.242 e. The van der Waals surface area contributed by atoms with E-state index in [9.17, 15) is 4.79 Å². The van der Waals surface area contributed by atoms with Crippen molar-refractivity contribution in [1.82, 2.24) is 5.09 Å². The van der Waals surface area contributed by atoms with Crippen molar-refractivity contribution in [3.8, 4) is 0 Å². The maximum absolute atomic E-state index is 11.1. The van der Waals surface area contributed by atoms with E-state index in [0.29, 0.717) is 0 Å². The van der Waals surface area contributed by atoms with Gasteiger partial charge in [0.1, 0.15) is 5.54 Å². The predicted octanol–water partition coefficient (Wildman–Crippen LogP) is -0.627. The van der Waals surface area contributed by atoms with Gasteiger partial charge in [-0.05, 0) is 13.8 Å². The highest BCUT2D eigenvalue weighted by Gasteiger charge is 2.43. The Morgan fingerprint density at radius 3 is 2.23 bits per heavy atom. The van der Waals surface area contributed by atoms with E-state index in [-0.39, 0.29) is 13.2 Å². The maximum atomic E-state index is 11.1. The lowest BCUT2D eigenvalue weighted by atomic mass is 10.0. The zero-order valence-electron chi connectivity index (χ0n) is 7.79. The van der Waals surface area contributed by atoms with E-state index in [1.165, 1.54) is 0 Å². The lowest BCUT2D eigenvalue weighted by Crippen LogP contribution is -2.63. The third-order valence-electron chi connectivity index (χ3n) is 2.08. The van der Waals surface area contributed by atoms with Crippen LogP contribution >= 0.6 is 9.39 Å². The molecular formula is C7H15N2O3P. The molecule has 1 amide bonds. The molecular weight excluding hydrogens is 191 g/mol. The van der Waals surface area contributed by atoms with Crippen LogP contribution < -0.4 is 10.8 Å². The van der Waals surface area contributed by atoms with Crippen LogP contribution in [0.2, 0.25) is 0 Å². The molecule has 1 heterocycles. The Hall–Kier alpha value is -0.220. The first-order chi connectivity index (χ1) is 5.92. The van der Waals surface area contributed by atoms with Crippen molar-refractivity contribution in [2.24, 2.45) is 5.73 Å². The standard InChI is InChI=1S/C7H15N2O3P/c1-6(2)11-3-7(9-13,4-12-6)5(8)10/h9H,3-4,13H2,1-2H3,(H2,8,10). The number of rotatable bonds is 2. The number of ether oxygens (including phenoxy) is 2. The predicted molar refractivity (Wildman–Crippen MR) is 50.8 cm³/mol. The fourth-order valence-electron chi connectivity index (χ4n) is 0.974. The molecule has 5 nitrogen and oxygen atoms in total. The molecule has 76 valence electrons. The second-order valence-corrected chi connectivity index (χ2v) is 3.86. The average Bonchev–Trinajstić information content (AvgIpc) is 2.05. The van der Waals surface area contributed by atoms with Crippen molar-refractivity contribution in [1.29, 1.82) is 0 Å². The zero-order chi connectivity index (χ0) is 10.1. The molecule has 13 heavy (non-hydrogen) atoms. The molecule has 1 rings (SSSR count). The number of amides is 1. The van der Waals surface area contributed by atoms with Crippen LogP contribution in [0.1, 0.15) is 13.8 Å². The van der Waals surface area contributed by atoms with E-state index < -0.39 is 17.2 Å². The monoisotopic (exact) mass is 206 g/mol. The van der Waals surface area contributed by atoms with Crippen LogP contribution in [0, 0.1) is 0 Å². The Kier molecular flexibility index (Phi) is 2.92. The van der Waals surface area contributed by atoms with Crippen molar-refractivity contribution in [3.63, 3.8) is 0 Å². The van der Waals surface area contributed by atoms with E-state index in [0.717, 1.165) is 0 Å². The number of hydrogen-bond donors (Lipinski definition) is 2. The van der Waals surface area contributed by atoms with Crippen molar-refractivity contribution >= 4 is 15.3 Å². The van der Waals surface area contributed by atoms with Gasteiger partial charge in [0.15, 0.2) is 5.79 Å². The highest BCUT2D eigenvalue weighted by Crippen LogP contribution is 2.23. The fourth-order valence-corrected chi connectivity index (χ4v) is 1.28. The van der Waals surface area contributed by atoms with Crippen molar-refractivity contribution in [3.05, 3.63) is 0 Å².